The summed E-state index contributed by atoms with van der Waals surface area (Å²) in [6.07, 6.45) is 4.69. The van der Waals surface area contributed by atoms with Gasteiger partial charge in [-0.2, -0.15) is 0 Å². The Bertz CT molecular complexity index is 193. The summed E-state index contributed by atoms with van der Waals surface area (Å²) in [5, 5.41) is 0.278. The van der Waals surface area contributed by atoms with Crippen LogP contribution in [0.5, 0.6) is 0 Å². The Morgan fingerprint density at radius 3 is 2.46 bits per heavy atom. The average Bonchev–Trinajstić information content (AvgIpc) is 2.01. The summed E-state index contributed by atoms with van der Waals surface area (Å²) in [6.45, 7) is 9.19. The van der Waals surface area contributed by atoms with Gasteiger partial charge in [0.1, 0.15) is 0 Å². The van der Waals surface area contributed by atoms with Gasteiger partial charge in [-0.1, -0.05) is 39.3 Å². The van der Waals surface area contributed by atoms with Gasteiger partial charge in [-0.15, -0.1) is 11.6 Å². The van der Waals surface area contributed by atoms with Gasteiger partial charge in [0.05, 0.1) is 5.38 Å². The SMILES string of the molecule is CC1CC(C(C)C(C)C)=CC(Cl)C1. The lowest BCUT2D eigenvalue weighted by molar-refractivity contribution is 0.414. The van der Waals surface area contributed by atoms with Crippen LogP contribution in [0.2, 0.25) is 0 Å². The van der Waals surface area contributed by atoms with Crippen molar-refractivity contribution < 1.29 is 0 Å². The molecule has 0 heterocycles. The Morgan fingerprint density at radius 1 is 1.38 bits per heavy atom. The molecule has 0 N–H and O–H groups in total. The van der Waals surface area contributed by atoms with Crippen molar-refractivity contribution in [3.63, 3.8) is 0 Å². The van der Waals surface area contributed by atoms with E-state index in [-0.39, 0.29) is 5.38 Å². The van der Waals surface area contributed by atoms with Crippen LogP contribution in [0, 0.1) is 17.8 Å². The molecule has 1 rings (SSSR count). The smallest absolute Gasteiger partial charge is 0.0521 e. The largest absolute Gasteiger partial charge is 0.118 e. The first-order valence-corrected chi connectivity index (χ1v) is 5.79. The fraction of sp³-hybridized carbons (Fsp3) is 0.833. The van der Waals surface area contributed by atoms with Crippen LogP contribution in [0.25, 0.3) is 0 Å². The van der Waals surface area contributed by atoms with Crippen molar-refractivity contribution in [1.29, 1.82) is 0 Å². The van der Waals surface area contributed by atoms with E-state index >= 15 is 0 Å². The van der Waals surface area contributed by atoms with Gasteiger partial charge in [-0.3, -0.25) is 0 Å². The van der Waals surface area contributed by atoms with Crippen molar-refractivity contribution >= 4 is 11.6 Å². The second kappa shape index (κ2) is 4.50. The zero-order valence-electron chi connectivity index (χ0n) is 9.18. The molecule has 0 bridgehead atoms. The molecule has 13 heavy (non-hydrogen) atoms. The van der Waals surface area contributed by atoms with E-state index in [1.165, 1.54) is 6.42 Å². The Kier molecular flexibility index (Phi) is 3.85. The molecular weight excluding hydrogens is 180 g/mol. The van der Waals surface area contributed by atoms with Gasteiger partial charge in [0.15, 0.2) is 0 Å². The van der Waals surface area contributed by atoms with Crippen LogP contribution in [-0.4, -0.2) is 5.38 Å². The topological polar surface area (TPSA) is 0 Å². The van der Waals surface area contributed by atoms with Gasteiger partial charge < -0.3 is 0 Å². The summed E-state index contributed by atoms with van der Waals surface area (Å²) < 4.78 is 0. The maximum Gasteiger partial charge on any atom is 0.0521 e. The zero-order valence-corrected chi connectivity index (χ0v) is 9.93. The third-order valence-corrected chi connectivity index (χ3v) is 3.50. The number of alkyl halides is 1. The molecule has 0 aliphatic heterocycles. The summed E-state index contributed by atoms with van der Waals surface area (Å²) in [5.74, 6) is 2.20. The van der Waals surface area contributed by atoms with Crippen molar-refractivity contribution in [2.24, 2.45) is 17.8 Å². The highest BCUT2D eigenvalue weighted by atomic mass is 35.5. The first kappa shape index (κ1) is 11.1. The minimum absolute atomic E-state index is 0.278. The zero-order chi connectivity index (χ0) is 10.0. The number of halogens is 1. The standard InChI is InChI=1S/C12H21Cl/c1-8(2)10(4)11-5-9(3)6-12(13)7-11/h7-10,12H,5-6H2,1-4H3. The summed E-state index contributed by atoms with van der Waals surface area (Å²) in [6, 6.07) is 0. The van der Waals surface area contributed by atoms with E-state index in [4.69, 9.17) is 11.6 Å². The average molecular weight is 201 g/mol. The Hall–Kier alpha value is 0.0300. The van der Waals surface area contributed by atoms with Crippen LogP contribution in [0.1, 0.15) is 40.5 Å². The van der Waals surface area contributed by atoms with Crippen LogP contribution in [-0.2, 0) is 0 Å². The van der Waals surface area contributed by atoms with Crippen molar-refractivity contribution in [3.8, 4) is 0 Å². The van der Waals surface area contributed by atoms with E-state index in [9.17, 15) is 0 Å². The van der Waals surface area contributed by atoms with Crippen molar-refractivity contribution in [2.75, 3.05) is 0 Å². The monoisotopic (exact) mass is 200 g/mol. The molecule has 0 saturated heterocycles. The Balaban J connectivity index is 2.68. The van der Waals surface area contributed by atoms with Gasteiger partial charge in [0, 0.05) is 0 Å². The predicted molar refractivity (Wildman–Crippen MR) is 60.1 cm³/mol. The number of allylic oxidation sites excluding steroid dienone is 2. The van der Waals surface area contributed by atoms with E-state index < -0.39 is 0 Å². The van der Waals surface area contributed by atoms with Gasteiger partial charge in [-0.05, 0) is 30.6 Å². The first-order chi connectivity index (χ1) is 6.00. The van der Waals surface area contributed by atoms with E-state index in [0.29, 0.717) is 5.92 Å². The van der Waals surface area contributed by atoms with Crippen LogP contribution in [0.15, 0.2) is 11.6 Å². The summed E-state index contributed by atoms with van der Waals surface area (Å²) >= 11 is 6.18. The molecule has 0 saturated carbocycles. The minimum atomic E-state index is 0.278. The summed E-state index contributed by atoms with van der Waals surface area (Å²) in [5.41, 5.74) is 1.58. The van der Waals surface area contributed by atoms with Crippen molar-refractivity contribution in [2.45, 2.75) is 45.9 Å². The molecule has 1 aliphatic carbocycles. The number of hydrogen-bond donors (Lipinski definition) is 0. The highest BCUT2D eigenvalue weighted by molar-refractivity contribution is 6.21. The molecule has 0 aromatic heterocycles. The molecule has 0 nitrogen and oxygen atoms in total. The van der Waals surface area contributed by atoms with Crippen LogP contribution in [0.4, 0.5) is 0 Å². The molecule has 3 atom stereocenters. The highest BCUT2D eigenvalue weighted by Crippen LogP contribution is 2.33. The van der Waals surface area contributed by atoms with Crippen LogP contribution in [0.3, 0.4) is 0 Å². The molecule has 1 aliphatic rings. The van der Waals surface area contributed by atoms with E-state index in [1.54, 1.807) is 5.57 Å². The van der Waals surface area contributed by atoms with E-state index in [1.807, 2.05) is 0 Å². The van der Waals surface area contributed by atoms with E-state index in [0.717, 1.165) is 18.3 Å². The lowest BCUT2D eigenvalue weighted by atomic mass is 9.80. The normalized spacial score (nSPS) is 31.7. The summed E-state index contributed by atoms with van der Waals surface area (Å²) in [7, 11) is 0. The number of hydrogen-bond acceptors (Lipinski definition) is 0. The van der Waals surface area contributed by atoms with Crippen molar-refractivity contribution in [1.82, 2.24) is 0 Å². The molecule has 0 amide bonds. The molecule has 1 heteroatoms. The van der Waals surface area contributed by atoms with Gasteiger partial charge in [0.2, 0.25) is 0 Å². The fourth-order valence-electron chi connectivity index (χ4n) is 2.00. The summed E-state index contributed by atoms with van der Waals surface area (Å²) in [4.78, 5) is 0. The Labute approximate surface area is 87.4 Å². The van der Waals surface area contributed by atoms with Gasteiger partial charge in [-0.25, -0.2) is 0 Å². The highest BCUT2D eigenvalue weighted by Gasteiger charge is 2.22. The molecule has 3 unspecified atom stereocenters. The lowest BCUT2D eigenvalue weighted by Gasteiger charge is -2.28. The van der Waals surface area contributed by atoms with E-state index in [2.05, 4.69) is 33.8 Å². The lowest BCUT2D eigenvalue weighted by Crippen LogP contribution is -2.18. The maximum atomic E-state index is 6.18. The molecule has 76 valence electrons. The third-order valence-electron chi connectivity index (χ3n) is 3.19. The second-order valence-corrected chi connectivity index (χ2v) is 5.40. The first-order valence-electron chi connectivity index (χ1n) is 5.35. The molecular formula is C12H21Cl. The third kappa shape index (κ3) is 3.02. The molecule has 0 aromatic rings. The van der Waals surface area contributed by atoms with Crippen molar-refractivity contribution in [3.05, 3.63) is 11.6 Å². The van der Waals surface area contributed by atoms with Gasteiger partial charge in [0.25, 0.3) is 0 Å². The Morgan fingerprint density at radius 2 is 2.00 bits per heavy atom. The van der Waals surface area contributed by atoms with Crippen LogP contribution >= 0.6 is 11.6 Å². The second-order valence-electron chi connectivity index (χ2n) is 4.84. The number of rotatable bonds is 2. The quantitative estimate of drug-likeness (QED) is 0.462. The molecule has 0 radical (unpaired) electrons. The maximum absolute atomic E-state index is 6.18. The fourth-order valence-corrected chi connectivity index (χ4v) is 2.47. The molecule has 0 spiro atoms. The minimum Gasteiger partial charge on any atom is -0.118 e. The van der Waals surface area contributed by atoms with Gasteiger partial charge >= 0.3 is 0 Å². The van der Waals surface area contributed by atoms with Crippen LogP contribution < -0.4 is 0 Å². The molecule has 0 aromatic carbocycles. The molecule has 0 fully saturated rings. The predicted octanol–water partition coefficient (Wildman–Crippen LogP) is 4.24.